The quantitative estimate of drug-likeness (QED) is 0.728. The lowest BCUT2D eigenvalue weighted by Crippen LogP contribution is -2.54. The lowest BCUT2D eigenvalue weighted by Gasteiger charge is -2.44. The first-order valence-corrected chi connectivity index (χ1v) is 10.9. The Labute approximate surface area is 174 Å². The molecule has 1 spiro atoms. The minimum Gasteiger partial charge on any atom is -0.493 e. The van der Waals surface area contributed by atoms with Crippen molar-refractivity contribution in [2.24, 2.45) is 4.99 Å². The highest BCUT2D eigenvalue weighted by Gasteiger charge is 2.41. The number of nitrogens with zero attached hydrogens (tertiary/aromatic N) is 1. The molecule has 2 heterocycles. The summed E-state index contributed by atoms with van der Waals surface area (Å²) in [5.74, 6) is 4.60. The molecule has 2 aromatic carbocycles. The molecule has 0 bridgehead atoms. The molecule has 0 saturated carbocycles. The number of rotatable bonds is 4. The minimum absolute atomic E-state index is 0.184. The van der Waals surface area contributed by atoms with Gasteiger partial charge < -0.3 is 20.1 Å². The highest BCUT2D eigenvalue weighted by molar-refractivity contribution is 7.99. The van der Waals surface area contributed by atoms with Gasteiger partial charge in [-0.1, -0.05) is 23.7 Å². The van der Waals surface area contributed by atoms with Crippen LogP contribution in [0, 0.1) is 0 Å². The maximum absolute atomic E-state index is 6.13. The van der Waals surface area contributed by atoms with Gasteiger partial charge in [0.1, 0.15) is 5.84 Å². The summed E-state index contributed by atoms with van der Waals surface area (Å²) in [6.07, 6.45) is 2.04. The van der Waals surface area contributed by atoms with Crippen molar-refractivity contribution in [3.63, 3.8) is 0 Å². The van der Waals surface area contributed by atoms with Gasteiger partial charge in [0.05, 0.1) is 37.7 Å². The van der Waals surface area contributed by atoms with Crippen LogP contribution in [0.25, 0.3) is 0 Å². The molecule has 7 heteroatoms. The molecule has 2 N–H and O–H groups in total. The fourth-order valence-corrected chi connectivity index (χ4v) is 5.13. The number of benzene rings is 2. The van der Waals surface area contributed by atoms with E-state index in [-0.39, 0.29) is 5.54 Å². The molecule has 1 fully saturated rings. The second kappa shape index (κ2) is 8.13. The van der Waals surface area contributed by atoms with E-state index in [1.807, 2.05) is 42.1 Å². The molecule has 2 aromatic rings. The van der Waals surface area contributed by atoms with Gasteiger partial charge in [-0.05, 0) is 42.0 Å². The smallest absolute Gasteiger partial charge is 0.162 e. The van der Waals surface area contributed by atoms with Gasteiger partial charge in [0.25, 0.3) is 0 Å². The van der Waals surface area contributed by atoms with Gasteiger partial charge in [-0.3, -0.25) is 4.99 Å². The van der Waals surface area contributed by atoms with E-state index < -0.39 is 0 Å². The first-order chi connectivity index (χ1) is 13.6. The number of thioether (sulfide) groups is 1. The Hall–Kier alpha value is -2.05. The molecule has 1 saturated heterocycles. The number of anilines is 2. The van der Waals surface area contributed by atoms with Crippen LogP contribution < -0.4 is 20.1 Å². The van der Waals surface area contributed by atoms with Crippen molar-refractivity contribution in [2.45, 2.75) is 24.9 Å². The standard InChI is InChI=1S/C21H24ClN3O2S/c1-26-18-11-16-17(12-19(18)27-2)25-21(6-8-28-9-7-21)20(24-16)23-13-14-4-3-5-15(22)10-14/h3-5,10-12,25H,6-9,13H2,1-2H3,(H,23,24). The van der Waals surface area contributed by atoms with E-state index in [9.17, 15) is 0 Å². The van der Waals surface area contributed by atoms with Crippen LogP contribution in [-0.2, 0) is 6.54 Å². The monoisotopic (exact) mass is 417 g/mol. The predicted molar refractivity (Wildman–Crippen MR) is 119 cm³/mol. The molecule has 5 nitrogen and oxygen atoms in total. The van der Waals surface area contributed by atoms with E-state index in [4.69, 9.17) is 26.1 Å². The second-order valence-corrected chi connectivity index (χ2v) is 8.65. The van der Waals surface area contributed by atoms with Crippen LogP contribution in [-0.4, -0.2) is 37.1 Å². The van der Waals surface area contributed by atoms with Gasteiger partial charge in [0, 0.05) is 17.2 Å². The van der Waals surface area contributed by atoms with Crippen molar-refractivity contribution >= 4 is 40.6 Å². The number of nitrogens with one attached hydrogen (secondary N) is 2. The number of hydrogen-bond acceptors (Lipinski definition) is 5. The highest BCUT2D eigenvalue weighted by atomic mass is 35.5. The SMILES string of the molecule is COc1cc2c(cc1OC)NC1(CCSCC1)C(=NCc1cccc(Cl)c1)N2. The third-order valence-electron chi connectivity index (χ3n) is 5.26. The van der Waals surface area contributed by atoms with Crippen molar-refractivity contribution < 1.29 is 9.47 Å². The van der Waals surface area contributed by atoms with Crippen LogP contribution in [0.2, 0.25) is 5.02 Å². The van der Waals surface area contributed by atoms with Crippen LogP contribution in [0.5, 0.6) is 11.5 Å². The van der Waals surface area contributed by atoms with E-state index in [0.717, 1.165) is 57.9 Å². The highest BCUT2D eigenvalue weighted by Crippen LogP contribution is 2.43. The van der Waals surface area contributed by atoms with Crippen molar-refractivity contribution in [3.8, 4) is 11.5 Å². The summed E-state index contributed by atoms with van der Waals surface area (Å²) < 4.78 is 10.9. The van der Waals surface area contributed by atoms with Gasteiger partial charge in [-0.2, -0.15) is 11.8 Å². The lowest BCUT2D eigenvalue weighted by molar-refractivity contribution is 0.355. The summed E-state index contributed by atoms with van der Waals surface area (Å²) in [5.41, 5.74) is 2.88. The summed E-state index contributed by atoms with van der Waals surface area (Å²) in [6.45, 7) is 0.585. The number of amidine groups is 1. The second-order valence-electron chi connectivity index (χ2n) is 6.99. The zero-order valence-electron chi connectivity index (χ0n) is 16.0. The molecule has 0 aromatic heterocycles. The average molecular weight is 418 g/mol. The summed E-state index contributed by atoms with van der Waals surface area (Å²) in [6, 6.07) is 11.8. The van der Waals surface area contributed by atoms with Crippen molar-refractivity contribution in [3.05, 3.63) is 47.0 Å². The largest absolute Gasteiger partial charge is 0.493 e. The Morgan fingerprint density at radius 2 is 1.79 bits per heavy atom. The summed E-state index contributed by atoms with van der Waals surface area (Å²) in [7, 11) is 3.31. The Morgan fingerprint density at radius 3 is 2.46 bits per heavy atom. The van der Waals surface area contributed by atoms with Crippen LogP contribution >= 0.6 is 23.4 Å². The third-order valence-corrected chi connectivity index (χ3v) is 6.48. The molecule has 2 aliphatic rings. The maximum atomic E-state index is 6.13. The first-order valence-electron chi connectivity index (χ1n) is 9.32. The number of hydrogen-bond donors (Lipinski definition) is 2. The molecule has 28 heavy (non-hydrogen) atoms. The molecule has 0 atom stereocenters. The van der Waals surface area contributed by atoms with E-state index in [2.05, 4.69) is 16.7 Å². The Morgan fingerprint density at radius 1 is 1.07 bits per heavy atom. The fourth-order valence-electron chi connectivity index (χ4n) is 3.73. The molecule has 2 aliphatic heterocycles. The van der Waals surface area contributed by atoms with Gasteiger partial charge in [0.2, 0.25) is 0 Å². The van der Waals surface area contributed by atoms with E-state index in [0.29, 0.717) is 12.3 Å². The zero-order chi connectivity index (χ0) is 19.6. The maximum Gasteiger partial charge on any atom is 0.162 e. The molecule has 0 unspecified atom stereocenters. The molecular weight excluding hydrogens is 394 g/mol. The topological polar surface area (TPSA) is 54.9 Å². The number of ether oxygens (including phenoxy) is 2. The fraction of sp³-hybridized carbons (Fsp3) is 0.381. The van der Waals surface area contributed by atoms with Gasteiger partial charge in [-0.25, -0.2) is 0 Å². The van der Waals surface area contributed by atoms with Crippen molar-refractivity contribution in [2.75, 3.05) is 36.4 Å². The predicted octanol–water partition coefficient (Wildman–Crippen LogP) is 5.06. The number of halogens is 1. The lowest BCUT2D eigenvalue weighted by atomic mass is 9.87. The Kier molecular flexibility index (Phi) is 5.60. The van der Waals surface area contributed by atoms with Gasteiger partial charge >= 0.3 is 0 Å². The molecule has 0 radical (unpaired) electrons. The average Bonchev–Trinajstić information content (AvgIpc) is 2.72. The van der Waals surface area contributed by atoms with Crippen LogP contribution in [0.3, 0.4) is 0 Å². The van der Waals surface area contributed by atoms with E-state index in [1.165, 1.54) is 0 Å². The normalized spacial score (nSPS) is 18.9. The van der Waals surface area contributed by atoms with E-state index in [1.54, 1.807) is 14.2 Å². The van der Waals surface area contributed by atoms with Crippen LogP contribution in [0.15, 0.2) is 41.4 Å². The van der Waals surface area contributed by atoms with Crippen molar-refractivity contribution in [1.82, 2.24) is 0 Å². The molecule has 0 amide bonds. The minimum atomic E-state index is -0.184. The van der Waals surface area contributed by atoms with Gasteiger partial charge in [-0.15, -0.1) is 0 Å². The third kappa shape index (κ3) is 3.76. The number of fused-ring (bicyclic) bond motifs is 1. The van der Waals surface area contributed by atoms with E-state index >= 15 is 0 Å². The Bertz CT molecular complexity index is 897. The van der Waals surface area contributed by atoms with Crippen LogP contribution in [0.1, 0.15) is 18.4 Å². The summed E-state index contributed by atoms with van der Waals surface area (Å²) >= 11 is 8.12. The van der Waals surface area contributed by atoms with Crippen LogP contribution in [0.4, 0.5) is 11.4 Å². The summed E-state index contributed by atoms with van der Waals surface area (Å²) in [5, 5.41) is 8.08. The summed E-state index contributed by atoms with van der Waals surface area (Å²) in [4.78, 5) is 4.97. The van der Waals surface area contributed by atoms with Crippen molar-refractivity contribution in [1.29, 1.82) is 0 Å². The molecular formula is C21H24ClN3O2S. The number of aliphatic imine (C=N–C) groups is 1. The van der Waals surface area contributed by atoms with Gasteiger partial charge in [0.15, 0.2) is 11.5 Å². The first kappa shape index (κ1) is 19.3. The number of methoxy groups -OCH3 is 2. The zero-order valence-corrected chi connectivity index (χ0v) is 17.6. The molecule has 148 valence electrons. The molecule has 0 aliphatic carbocycles. The Balaban J connectivity index is 1.70. The molecule has 4 rings (SSSR count).